The number of nitrogens with zero attached hydrogens (tertiary/aromatic N) is 2. The maximum Gasteiger partial charge on any atom is 0.290 e. The van der Waals surface area contributed by atoms with Crippen LogP contribution in [-0.2, 0) is 5.60 Å². The highest BCUT2D eigenvalue weighted by Crippen LogP contribution is 2.47. The average molecular weight is 328 g/mol. The number of hydrogen-bond donors (Lipinski definition) is 1. The highest BCUT2D eigenvalue weighted by molar-refractivity contribution is 5.92. The fourth-order valence-corrected chi connectivity index (χ4v) is 4.21. The third-order valence-electron chi connectivity index (χ3n) is 5.20. The van der Waals surface area contributed by atoms with Crippen LogP contribution < -0.4 is 4.74 Å². The number of hydrogen-bond acceptors (Lipinski definition) is 5. The third kappa shape index (κ3) is 2.29. The molecule has 126 valence electrons. The van der Waals surface area contributed by atoms with Crippen LogP contribution in [0.1, 0.15) is 41.8 Å². The number of aromatic nitrogens is 1. The fourth-order valence-electron chi connectivity index (χ4n) is 4.21. The molecule has 6 nitrogen and oxygen atoms in total. The Labute approximate surface area is 140 Å². The first-order valence-electron chi connectivity index (χ1n) is 8.20. The summed E-state index contributed by atoms with van der Waals surface area (Å²) in [6, 6.07) is 7.06. The number of pyridine rings is 1. The van der Waals surface area contributed by atoms with Gasteiger partial charge in [-0.25, -0.2) is 4.98 Å². The summed E-state index contributed by atoms with van der Waals surface area (Å²) in [7, 11) is 1.55. The molecule has 2 aromatic rings. The van der Waals surface area contributed by atoms with Gasteiger partial charge in [0.05, 0.1) is 19.0 Å². The molecule has 0 aromatic carbocycles. The third-order valence-corrected chi connectivity index (χ3v) is 5.20. The lowest BCUT2D eigenvalue weighted by atomic mass is 9.80. The smallest absolute Gasteiger partial charge is 0.290 e. The second kappa shape index (κ2) is 5.63. The van der Waals surface area contributed by atoms with E-state index in [1.807, 2.05) is 11.0 Å². The predicted octanol–water partition coefficient (Wildman–Crippen LogP) is 2.34. The number of fused-ring (bicyclic) bond motifs is 2. The first-order chi connectivity index (χ1) is 11.6. The number of carbonyl (C=O) groups excluding carboxylic acids is 1. The fraction of sp³-hybridized carbons (Fsp3) is 0.444. The maximum absolute atomic E-state index is 12.7. The number of carbonyl (C=O) groups is 1. The molecule has 2 fully saturated rings. The molecule has 2 aliphatic rings. The number of aliphatic hydroxyl groups is 1. The van der Waals surface area contributed by atoms with E-state index in [4.69, 9.17) is 9.15 Å². The minimum atomic E-state index is -1.02. The van der Waals surface area contributed by atoms with Gasteiger partial charge in [0.15, 0.2) is 5.76 Å². The molecule has 4 heterocycles. The molecule has 0 radical (unpaired) electrons. The zero-order valence-electron chi connectivity index (χ0n) is 13.5. The molecule has 2 bridgehead atoms. The van der Waals surface area contributed by atoms with Crippen molar-refractivity contribution in [3.8, 4) is 5.88 Å². The van der Waals surface area contributed by atoms with E-state index in [2.05, 4.69) is 4.98 Å². The maximum atomic E-state index is 12.7. The van der Waals surface area contributed by atoms with Crippen LogP contribution in [0.2, 0.25) is 0 Å². The quantitative estimate of drug-likeness (QED) is 0.936. The molecule has 0 saturated carbocycles. The Morgan fingerprint density at radius 1 is 1.33 bits per heavy atom. The largest absolute Gasteiger partial charge is 0.481 e. The molecular formula is C18H20N2O4. The van der Waals surface area contributed by atoms with Crippen LogP contribution >= 0.6 is 0 Å². The molecule has 2 atom stereocenters. The Morgan fingerprint density at radius 3 is 2.71 bits per heavy atom. The average Bonchev–Trinajstić information content (AvgIpc) is 3.22. The van der Waals surface area contributed by atoms with Crippen LogP contribution in [0.25, 0.3) is 0 Å². The van der Waals surface area contributed by atoms with Gasteiger partial charge < -0.3 is 19.2 Å². The van der Waals surface area contributed by atoms with Gasteiger partial charge in [0, 0.05) is 36.7 Å². The van der Waals surface area contributed by atoms with Crippen molar-refractivity contribution < 1.29 is 19.1 Å². The molecule has 1 amide bonds. The van der Waals surface area contributed by atoms with Crippen LogP contribution in [0.15, 0.2) is 41.1 Å². The van der Waals surface area contributed by atoms with E-state index in [1.165, 1.54) is 6.26 Å². The van der Waals surface area contributed by atoms with Crippen LogP contribution in [0.4, 0.5) is 0 Å². The summed E-state index contributed by atoms with van der Waals surface area (Å²) in [4.78, 5) is 18.8. The lowest BCUT2D eigenvalue weighted by molar-refractivity contribution is -0.0500. The minimum absolute atomic E-state index is 0.00346. The summed E-state index contributed by atoms with van der Waals surface area (Å²) < 4.78 is 10.6. The minimum Gasteiger partial charge on any atom is -0.481 e. The van der Waals surface area contributed by atoms with E-state index in [-0.39, 0.29) is 18.0 Å². The lowest BCUT2D eigenvalue weighted by Gasteiger charge is -2.43. The summed E-state index contributed by atoms with van der Waals surface area (Å²) in [6.07, 6.45) is 5.91. The number of piperidine rings is 1. The molecule has 2 unspecified atom stereocenters. The molecule has 0 spiro atoms. The van der Waals surface area contributed by atoms with Gasteiger partial charge in [0.1, 0.15) is 0 Å². The van der Waals surface area contributed by atoms with Crippen molar-refractivity contribution in [1.29, 1.82) is 0 Å². The summed E-state index contributed by atoms with van der Waals surface area (Å²) >= 11 is 0. The lowest BCUT2D eigenvalue weighted by Crippen LogP contribution is -2.52. The Morgan fingerprint density at radius 2 is 2.08 bits per heavy atom. The monoisotopic (exact) mass is 328 g/mol. The Balaban J connectivity index is 1.63. The molecule has 1 N–H and O–H groups in total. The summed E-state index contributed by atoms with van der Waals surface area (Å²) in [5.41, 5.74) is -0.319. The van der Waals surface area contributed by atoms with Crippen molar-refractivity contribution >= 4 is 5.91 Å². The molecule has 0 aliphatic carbocycles. The molecule has 2 aliphatic heterocycles. The summed E-state index contributed by atoms with van der Waals surface area (Å²) in [6.45, 7) is 0. The predicted molar refractivity (Wildman–Crippen MR) is 85.6 cm³/mol. The molecule has 24 heavy (non-hydrogen) atoms. The van der Waals surface area contributed by atoms with E-state index in [0.717, 1.165) is 12.8 Å². The van der Waals surface area contributed by atoms with E-state index >= 15 is 0 Å². The molecule has 2 saturated heterocycles. The van der Waals surface area contributed by atoms with Gasteiger partial charge in [0.25, 0.3) is 5.91 Å². The van der Waals surface area contributed by atoms with Crippen molar-refractivity contribution in [3.63, 3.8) is 0 Å². The topological polar surface area (TPSA) is 75.8 Å². The van der Waals surface area contributed by atoms with Crippen molar-refractivity contribution in [2.75, 3.05) is 7.11 Å². The number of amides is 1. The number of furan rings is 1. The molecular weight excluding hydrogens is 308 g/mol. The standard InChI is InChI=1S/C18H20N2O4/c1-23-16-14(4-2-8-19-16)18(22)10-12-6-7-13(11-18)20(12)17(21)15-5-3-9-24-15/h2-5,8-9,12-13,22H,6-7,10-11H2,1H3. The molecule has 6 heteroatoms. The summed E-state index contributed by atoms with van der Waals surface area (Å²) in [5.74, 6) is 0.717. The Hall–Kier alpha value is -2.34. The first kappa shape index (κ1) is 15.2. The van der Waals surface area contributed by atoms with Gasteiger partial charge in [0.2, 0.25) is 5.88 Å². The summed E-state index contributed by atoms with van der Waals surface area (Å²) in [5, 5.41) is 11.3. The SMILES string of the molecule is COc1ncccc1C1(O)CC2CCC(C1)N2C(=O)c1ccco1. The second-order valence-corrected chi connectivity index (χ2v) is 6.57. The second-order valence-electron chi connectivity index (χ2n) is 6.57. The Kier molecular flexibility index (Phi) is 3.57. The first-order valence-corrected chi connectivity index (χ1v) is 8.20. The van der Waals surface area contributed by atoms with Gasteiger partial charge in [-0.2, -0.15) is 0 Å². The van der Waals surface area contributed by atoms with Gasteiger partial charge in [-0.1, -0.05) is 0 Å². The van der Waals surface area contributed by atoms with Crippen molar-refractivity contribution in [1.82, 2.24) is 9.88 Å². The normalized spacial score (nSPS) is 28.8. The van der Waals surface area contributed by atoms with Gasteiger partial charge >= 0.3 is 0 Å². The Bertz CT molecular complexity index is 729. The number of ether oxygens (including phenoxy) is 1. The highest BCUT2D eigenvalue weighted by atomic mass is 16.5. The van der Waals surface area contributed by atoms with Gasteiger partial charge in [-0.3, -0.25) is 4.79 Å². The van der Waals surface area contributed by atoms with E-state index in [9.17, 15) is 9.90 Å². The zero-order valence-corrected chi connectivity index (χ0v) is 13.5. The number of rotatable bonds is 3. The van der Waals surface area contributed by atoms with E-state index in [1.54, 1.807) is 31.5 Å². The van der Waals surface area contributed by atoms with Crippen molar-refractivity contribution in [3.05, 3.63) is 48.0 Å². The van der Waals surface area contributed by atoms with Crippen LogP contribution in [0.3, 0.4) is 0 Å². The zero-order chi connectivity index (χ0) is 16.7. The molecule has 2 aromatic heterocycles. The van der Waals surface area contributed by atoms with Crippen LogP contribution in [0, 0.1) is 0 Å². The van der Waals surface area contributed by atoms with Crippen molar-refractivity contribution in [2.24, 2.45) is 0 Å². The van der Waals surface area contributed by atoms with Gasteiger partial charge in [-0.15, -0.1) is 0 Å². The van der Waals surface area contributed by atoms with E-state index in [0.29, 0.717) is 30.0 Å². The van der Waals surface area contributed by atoms with E-state index < -0.39 is 5.60 Å². The van der Waals surface area contributed by atoms with Crippen LogP contribution in [-0.4, -0.2) is 40.1 Å². The van der Waals surface area contributed by atoms with Gasteiger partial charge in [-0.05, 0) is 37.1 Å². The van der Waals surface area contributed by atoms with Crippen molar-refractivity contribution in [2.45, 2.75) is 43.4 Å². The molecule has 4 rings (SSSR count). The van der Waals surface area contributed by atoms with Crippen LogP contribution in [0.5, 0.6) is 5.88 Å². The number of methoxy groups -OCH3 is 1. The highest BCUT2D eigenvalue weighted by Gasteiger charge is 2.51.